The van der Waals surface area contributed by atoms with Crippen molar-refractivity contribution < 1.29 is 9.84 Å². The molecule has 1 aromatic carbocycles. The molecule has 0 amide bonds. The summed E-state index contributed by atoms with van der Waals surface area (Å²) in [7, 11) is 0. The highest BCUT2D eigenvalue weighted by molar-refractivity contribution is 5.41. The molecule has 0 aromatic heterocycles. The third-order valence-electron chi connectivity index (χ3n) is 8.69. The number of rotatable bonds is 2. The molecule has 0 spiro atoms. The van der Waals surface area contributed by atoms with Gasteiger partial charge in [0.2, 0.25) is 0 Å². The third kappa shape index (κ3) is 2.58. The van der Waals surface area contributed by atoms with Crippen LogP contribution < -0.4 is 4.74 Å². The molecule has 4 aliphatic carbocycles. The Labute approximate surface area is 163 Å². The van der Waals surface area contributed by atoms with Crippen molar-refractivity contribution >= 4 is 0 Å². The fourth-order valence-corrected chi connectivity index (χ4v) is 7.08. The average Bonchev–Trinajstić information content (AvgIpc) is 3.28. The highest BCUT2D eigenvalue weighted by Gasteiger charge is 2.61. The van der Waals surface area contributed by atoms with Crippen molar-refractivity contribution in [3.05, 3.63) is 29.3 Å². The summed E-state index contributed by atoms with van der Waals surface area (Å²) >= 11 is 0. The molecule has 0 heterocycles. The second-order valence-electron chi connectivity index (χ2n) is 9.80. The van der Waals surface area contributed by atoms with Crippen LogP contribution in [0.5, 0.6) is 5.75 Å². The Morgan fingerprint density at radius 2 is 1.93 bits per heavy atom. The van der Waals surface area contributed by atoms with Crippen LogP contribution in [-0.2, 0) is 6.42 Å². The highest BCUT2D eigenvalue weighted by atomic mass is 16.5. The van der Waals surface area contributed by atoms with Gasteiger partial charge in [0.25, 0.3) is 0 Å². The number of ether oxygens (including phenoxy) is 1. The van der Waals surface area contributed by atoms with E-state index in [4.69, 9.17) is 11.2 Å². The SMILES string of the molecule is C#C[C@@]1(O)CC[C@H]2[C@@H]3CCc4cc(OC5CCCC5)ccc4[C@H]3CC[C@@]21C. The predicted octanol–water partition coefficient (Wildman–Crippen LogP) is 5.23. The second kappa shape index (κ2) is 6.28. The molecular formula is C25H32O2. The summed E-state index contributed by atoms with van der Waals surface area (Å²) in [6.45, 7) is 2.26. The van der Waals surface area contributed by atoms with Crippen LogP contribution in [0.3, 0.4) is 0 Å². The molecule has 1 aromatic rings. The summed E-state index contributed by atoms with van der Waals surface area (Å²) in [5.74, 6) is 5.70. The molecule has 4 aliphatic rings. The van der Waals surface area contributed by atoms with E-state index in [1.807, 2.05) is 0 Å². The molecule has 0 bridgehead atoms. The number of benzene rings is 1. The van der Waals surface area contributed by atoms with Gasteiger partial charge in [-0.05, 0) is 105 Å². The number of aryl methyl sites for hydroxylation is 1. The first kappa shape index (κ1) is 17.6. The Bertz CT molecular complexity index is 771. The summed E-state index contributed by atoms with van der Waals surface area (Å²) in [6.07, 6.45) is 17.6. The Balaban J connectivity index is 1.40. The maximum Gasteiger partial charge on any atom is 0.130 e. The van der Waals surface area contributed by atoms with Gasteiger partial charge >= 0.3 is 0 Å². The molecule has 0 unspecified atom stereocenters. The molecule has 2 heteroatoms. The minimum absolute atomic E-state index is 0.105. The largest absolute Gasteiger partial charge is 0.490 e. The Morgan fingerprint density at radius 1 is 1.11 bits per heavy atom. The van der Waals surface area contributed by atoms with Crippen molar-refractivity contribution in [2.75, 3.05) is 0 Å². The minimum atomic E-state index is -0.901. The van der Waals surface area contributed by atoms with Gasteiger partial charge in [0.1, 0.15) is 11.4 Å². The number of hydrogen-bond donors (Lipinski definition) is 1. The van der Waals surface area contributed by atoms with Crippen LogP contribution in [0, 0.1) is 29.6 Å². The van der Waals surface area contributed by atoms with Gasteiger partial charge < -0.3 is 9.84 Å². The molecule has 3 saturated carbocycles. The molecule has 0 radical (unpaired) electrons. The van der Waals surface area contributed by atoms with Gasteiger partial charge in [-0.3, -0.25) is 0 Å². The van der Waals surface area contributed by atoms with Gasteiger partial charge in [-0.2, -0.15) is 0 Å². The lowest BCUT2D eigenvalue weighted by Gasteiger charge is -2.52. The fraction of sp³-hybridized carbons (Fsp3) is 0.680. The van der Waals surface area contributed by atoms with E-state index in [0.717, 1.165) is 37.9 Å². The maximum atomic E-state index is 11.1. The van der Waals surface area contributed by atoms with Crippen molar-refractivity contribution in [3.8, 4) is 18.1 Å². The van der Waals surface area contributed by atoms with E-state index in [0.29, 0.717) is 23.9 Å². The average molecular weight is 365 g/mol. The van der Waals surface area contributed by atoms with Crippen LogP contribution in [0.2, 0.25) is 0 Å². The molecule has 5 rings (SSSR count). The summed E-state index contributed by atoms with van der Waals surface area (Å²) in [5.41, 5.74) is 2.04. The second-order valence-corrected chi connectivity index (χ2v) is 9.80. The lowest BCUT2D eigenvalue weighted by molar-refractivity contribution is -0.0647. The van der Waals surface area contributed by atoms with E-state index in [2.05, 4.69) is 31.0 Å². The van der Waals surface area contributed by atoms with Crippen molar-refractivity contribution in [1.82, 2.24) is 0 Å². The predicted molar refractivity (Wildman–Crippen MR) is 108 cm³/mol. The summed E-state index contributed by atoms with van der Waals surface area (Å²) in [6, 6.07) is 6.88. The quantitative estimate of drug-likeness (QED) is 0.728. The molecule has 27 heavy (non-hydrogen) atoms. The van der Waals surface area contributed by atoms with Crippen LogP contribution in [0.15, 0.2) is 18.2 Å². The van der Waals surface area contributed by atoms with Gasteiger partial charge in [0.15, 0.2) is 0 Å². The van der Waals surface area contributed by atoms with Crippen LogP contribution >= 0.6 is 0 Å². The standard InChI is InChI=1S/C25H32O2/c1-3-25(26)15-13-23-22-10-8-17-16-19(27-18-6-4-5-7-18)9-11-20(17)21(22)12-14-24(23,25)2/h1,9,11,16,18,21-23,26H,4-8,10,12-15H2,2H3/t21-,22-,23+,24+,25-/m1/s1. The Morgan fingerprint density at radius 3 is 2.70 bits per heavy atom. The van der Waals surface area contributed by atoms with Gasteiger partial charge in [0.05, 0.1) is 6.10 Å². The van der Waals surface area contributed by atoms with Gasteiger partial charge in [0, 0.05) is 5.41 Å². The molecule has 3 fully saturated rings. The number of terminal acetylenes is 1. The molecule has 1 N–H and O–H groups in total. The zero-order chi connectivity index (χ0) is 18.6. The lowest BCUT2D eigenvalue weighted by Crippen LogP contribution is -2.50. The van der Waals surface area contributed by atoms with Crippen molar-refractivity contribution in [2.24, 2.45) is 17.3 Å². The van der Waals surface area contributed by atoms with Crippen LogP contribution in [0.25, 0.3) is 0 Å². The monoisotopic (exact) mass is 364 g/mol. The Kier molecular flexibility index (Phi) is 4.10. The van der Waals surface area contributed by atoms with E-state index >= 15 is 0 Å². The van der Waals surface area contributed by atoms with Gasteiger partial charge in [-0.1, -0.05) is 18.9 Å². The van der Waals surface area contributed by atoms with E-state index in [1.165, 1.54) is 37.7 Å². The molecule has 2 nitrogen and oxygen atoms in total. The first-order chi connectivity index (χ1) is 13.0. The maximum absolute atomic E-state index is 11.1. The molecular weight excluding hydrogens is 332 g/mol. The van der Waals surface area contributed by atoms with E-state index in [9.17, 15) is 5.11 Å². The highest BCUT2D eigenvalue weighted by Crippen LogP contribution is 2.64. The molecule has 144 valence electrons. The molecule has 5 atom stereocenters. The van der Waals surface area contributed by atoms with Crippen LogP contribution in [0.1, 0.15) is 81.8 Å². The molecule has 0 saturated heterocycles. The van der Waals surface area contributed by atoms with E-state index in [-0.39, 0.29) is 5.41 Å². The Hall–Kier alpha value is -1.46. The van der Waals surface area contributed by atoms with Crippen molar-refractivity contribution in [2.45, 2.75) is 88.8 Å². The minimum Gasteiger partial charge on any atom is -0.490 e. The van der Waals surface area contributed by atoms with E-state index < -0.39 is 5.60 Å². The summed E-state index contributed by atoms with van der Waals surface area (Å²) in [5, 5.41) is 11.1. The summed E-state index contributed by atoms with van der Waals surface area (Å²) < 4.78 is 6.25. The number of fused-ring (bicyclic) bond motifs is 5. The van der Waals surface area contributed by atoms with Crippen LogP contribution in [-0.4, -0.2) is 16.8 Å². The fourth-order valence-electron chi connectivity index (χ4n) is 7.08. The lowest BCUT2D eigenvalue weighted by atomic mass is 9.53. The topological polar surface area (TPSA) is 29.5 Å². The number of aliphatic hydroxyl groups is 1. The number of hydrogen-bond acceptors (Lipinski definition) is 2. The van der Waals surface area contributed by atoms with Gasteiger partial charge in [-0.25, -0.2) is 0 Å². The molecule has 0 aliphatic heterocycles. The van der Waals surface area contributed by atoms with Crippen molar-refractivity contribution in [1.29, 1.82) is 0 Å². The normalized spacial score (nSPS) is 40.7. The zero-order valence-electron chi connectivity index (χ0n) is 16.5. The van der Waals surface area contributed by atoms with Crippen molar-refractivity contribution in [3.63, 3.8) is 0 Å². The zero-order valence-corrected chi connectivity index (χ0v) is 16.5. The summed E-state index contributed by atoms with van der Waals surface area (Å²) in [4.78, 5) is 0. The van der Waals surface area contributed by atoms with Gasteiger partial charge in [-0.15, -0.1) is 6.42 Å². The first-order valence-corrected chi connectivity index (χ1v) is 11.0. The van der Waals surface area contributed by atoms with Crippen LogP contribution in [0.4, 0.5) is 0 Å². The van der Waals surface area contributed by atoms with E-state index in [1.54, 1.807) is 5.56 Å². The smallest absolute Gasteiger partial charge is 0.130 e. The third-order valence-corrected chi connectivity index (χ3v) is 8.69. The first-order valence-electron chi connectivity index (χ1n) is 11.0.